The Morgan fingerprint density at radius 1 is 1.54 bits per heavy atom. The van der Waals surface area contributed by atoms with Gasteiger partial charge < -0.3 is 5.11 Å². The highest BCUT2D eigenvalue weighted by Crippen LogP contribution is 2.09. The fourth-order valence-corrected chi connectivity index (χ4v) is 1.17. The zero-order chi connectivity index (χ0) is 10.1. The molecule has 0 aliphatic heterocycles. The highest BCUT2D eigenvalue weighted by Gasteiger charge is 2.00. The van der Waals surface area contributed by atoms with Crippen LogP contribution >= 0.6 is 0 Å². The molecule has 76 valence electrons. The van der Waals surface area contributed by atoms with E-state index >= 15 is 0 Å². The summed E-state index contributed by atoms with van der Waals surface area (Å²) < 4.78 is 0. The van der Waals surface area contributed by atoms with Crippen LogP contribution in [0.15, 0.2) is 12.2 Å². The summed E-state index contributed by atoms with van der Waals surface area (Å²) in [5.74, 6) is -0.171. The van der Waals surface area contributed by atoms with Gasteiger partial charge in [0, 0.05) is 6.42 Å². The fourth-order valence-electron chi connectivity index (χ4n) is 1.17. The molecule has 13 heavy (non-hydrogen) atoms. The topological polar surface area (TPSA) is 37.3 Å². The van der Waals surface area contributed by atoms with E-state index in [-0.39, 0.29) is 0 Å². The minimum absolute atomic E-state index is 0.298. The molecule has 1 N–H and O–H groups in total. The van der Waals surface area contributed by atoms with E-state index < -0.39 is 5.97 Å². The van der Waals surface area contributed by atoms with Crippen molar-refractivity contribution >= 4 is 5.97 Å². The molecule has 0 aromatic rings. The third kappa shape index (κ3) is 9.12. The average Bonchev–Trinajstić information content (AvgIpc) is 2.04. The minimum atomic E-state index is -0.690. The second-order valence-electron chi connectivity index (χ2n) is 3.48. The van der Waals surface area contributed by atoms with E-state index in [4.69, 9.17) is 5.11 Å². The zero-order valence-corrected chi connectivity index (χ0v) is 8.62. The number of carboxylic acids is 1. The summed E-state index contributed by atoms with van der Waals surface area (Å²) in [6, 6.07) is 0. The van der Waals surface area contributed by atoms with Crippen LogP contribution in [0.25, 0.3) is 0 Å². The van der Waals surface area contributed by atoms with Crippen LogP contribution < -0.4 is 0 Å². The summed E-state index contributed by atoms with van der Waals surface area (Å²) in [4.78, 5) is 10.2. The Morgan fingerprint density at radius 3 is 2.77 bits per heavy atom. The van der Waals surface area contributed by atoms with Gasteiger partial charge in [0.2, 0.25) is 0 Å². The Hall–Kier alpha value is -0.790. The SMILES string of the molecule is CCC/C=C\C(C)CCCC(=O)O. The van der Waals surface area contributed by atoms with Gasteiger partial charge in [-0.15, -0.1) is 0 Å². The van der Waals surface area contributed by atoms with Crippen molar-refractivity contribution in [3.05, 3.63) is 12.2 Å². The number of rotatable bonds is 7. The standard InChI is InChI=1S/C11H20O2/c1-3-4-5-7-10(2)8-6-9-11(12)13/h5,7,10H,3-4,6,8-9H2,1-2H3,(H,12,13)/b7-5-. The van der Waals surface area contributed by atoms with E-state index in [1.165, 1.54) is 6.42 Å². The van der Waals surface area contributed by atoms with E-state index in [9.17, 15) is 4.79 Å². The molecule has 2 heteroatoms. The lowest BCUT2D eigenvalue weighted by atomic mass is 10.0. The first-order chi connectivity index (χ1) is 6.16. The first kappa shape index (κ1) is 12.2. The van der Waals surface area contributed by atoms with Gasteiger partial charge in [0.05, 0.1) is 0 Å². The van der Waals surface area contributed by atoms with Crippen LogP contribution in [0.1, 0.15) is 46.0 Å². The molecule has 0 saturated carbocycles. The molecule has 0 aliphatic rings. The van der Waals surface area contributed by atoms with Gasteiger partial charge >= 0.3 is 5.97 Å². The lowest BCUT2D eigenvalue weighted by Crippen LogP contribution is -1.96. The number of allylic oxidation sites excluding steroid dienone is 2. The van der Waals surface area contributed by atoms with Crippen LogP contribution in [0.2, 0.25) is 0 Å². The Labute approximate surface area is 80.7 Å². The molecule has 0 saturated heterocycles. The molecule has 1 unspecified atom stereocenters. The second-order valence-corrected chi connectivity index (χ2v) is 3.48. The molecule has 0 spiro atoms. The zero-order valence-electron chi connectivity index (χ0n) is 8.62. The molecule has 0 aliphatic carbocycles. The van der Waals surface area contributed by atoms with Crippen molar-refractivity contribution in [2.45, 2.75) is 46.0 Å². The van der Waals surface area contributed by atoms with E-state index in [1.807, 2.05) is 0 Å². The predicted octanol–water partition coefficient (Wildman–Crippen LogP) is 3.23. The van der Waals surface area contributed by atoms with E-state index in [0.717, 1.165) is 19.3 Å². The maximum Gasteiger partial charge on any atom is 0.303 e. The molecule has 0 heterocycles. The number of unbranched alkanes of at least 4 members (excludes halogenated alkanes) is 1. The Morgan fingerprint density at radius 2 is 2.23 bits per heavy atom. The van der Waals surface area contributed by atoms with Crippen molar-refractivity contribution in [2.24, 2.45) is 5.92 Å². The van der Waals surface area contributed by atoms with Gasteiger partial charge in [-0.1, -0.05) is 32.4 Å². The van der Waals surface area contributed by atoms with Crippen LogP contribution in [0.4, 0.5) is 0 Å². The molecule has 0 bridgehead atoms. The molecule has 1 atom stereocenters. The maximum absolute atomic E-state index is 10.2. The number of aliphatic carboxylic acids is 1. The van der Waals surface area contributed by atoms with Crippen LogP contribution in [0, 0.1) is 5.92 Å². The van der Waals surface area contributed by atoms with E-state index in [0.29, 0.717) is 12.3 Å². The van der Waals surface area contributed by atoms with Gasteiger partial charge in [-0.3, -0.25) is 4.79 Å². The molecular weight excluding hydrogens is 164 g/mol. The normalized spacial score (nSPS) is 13.4. The Balaban J connectivity index is 3.39. The van der Waals surface area contributed by atoms with Gasteiger partial charge in [0.15, 0.2) is 0 Å². The summed E-state index contributed by atoms with van der Waals surface area (Å²) >= 11 is 0. The maximum atomic E-state index is 10.2. The Kier molecular flexibility index (Phi) is 7.36. The number of hydrogen-bond donors (Lipinski definition) is 1. The average molecular weight is 184 g/mol. The first-order valence-electron chi connectivity index (χ1n) is 5.05. The van der Waals surface area contributed by atoms with E-state index in [2.05, 4.69) is 26.0 Å². The quantitative estimate of drug-likeness (QED) is 0.617. The van der Waals surface area contributed by atoms with Crippen molar-refractivity contribution in [1.82, 2.24) is 0 Å². The lowest BCUT2D eigenvalue weighted by molar-refractivity contribution is -0.137. The second kappa shape index (κ2) is 7.84. The molecule has 0 radical (unpaired) electrons. The molecule has 0 rings (SSSR count). The van der Waals surface area contributed by atoms with Crippen molar-refractivity contribution in [1.29, 1.82) is 0 Å². The van der Waals surface area contributed by atoms with Crippen molar-refractivity contribution < 1.29 is 9.90 Å². The van der Waals surface area contributed by atoms with Crippen LogP contribution in [0.5, 0.6) is 0 Å². The third-order valence-corrected chi connectivity index (χ3v) is 1.97. The summed E-state index contributed by atoms with van der Waals surface area (Å²) in [7, 11) is 0. The first-order valence-corrected chi connectivity index (χ1v) is 5.05. The highest BCUT2D eigenvalue weighted by atomic mass is 16.4. The predicted molar refractivity (Wildman–Crippen MR) is 54.7 cm³/mol. The van der Waals surface area contributed by atoms with Crippen molar-refractivity contribution in [2.75, 3.05) is 0 Å². The molecule has 0 aromatic carbocycles. The number of hydrogen-bond acceptors (Lipinski definition) is 1. The summed E-state index contributed by atoms with van der Waals surface area (Å²) in [5, 5.41) is 8.42. The number of carboxylic acid groups (broad SMARTS) is 1. The molecule has 0 amide bonds. The largest absolute Gasteiger partial charge is 0.481 e. The van der Waals surface area contributed by atoms with Crippen molar-refractivity contribution in [3.63, 3.8) is 0 Å². The van der Waals surface area contributed by atoms with Gasteiger partial charge in [-0.25, -0.2) is 0 Å². The summed E-state index contributed by atoms with van der Waals surface area (Å²) in [5.41, 5.74) is 0. The van der Waals surface area contributed by atoms with Gasteiger partial charge in [-0.05, 0) is 25.2 Å². The van der Waals surface area contributed by atoms with E-state index in [1.54, 1.807) is 0 Å². The van der Waals surface area contributed by atoms with Gasteiger partial charge in [-0.2, -0.15) is 0 Å². The Bertz CT molecular complexity index is 161. The lowest BCUT2D eigenvalue weighted by Gasteiger charge is -2.03. The fraction of sp³-hybridized carbons (Fsp3) is 0.727. The number of carbonyl (C=O) groups is 1. The molecule has 2 nitrogen and oxygen atoms in total. The van der Waals surface area contributed by atoms with Crippen molar-refractivity contribution in [3.8, 4) is 0 Å². The van der Waals surface area contributed by atoms with Crippen LogP contribution in [-0.4, -0.2) is 11.1 Å². The van der Waals surface area contributed by atoms with Gasteiger partial charge in [0.25, 0.3) is 0 Å². The van der Waals surface area contributed by atoms with Crippen LogP contribution in [0.3, 0.4) is 0 Å². The summed E-state index contributed by atoms with van der Waals surface area (Å²) in [6.07, 6.45) is 8.74. The molecule has 0 aromatic heterocycles. The van der Waals surface area contributed by atoms with Crippen LogP contribution in [-0.2, 0) is 4.79 Å². The summed E-state index contributed by atoms with van der Waals surface area (Å²) in [6.45, 7) is 4.29. The third-order valence-electron chi connectivity index (χ3n) is 1.97. The monoisotopic (exact) mass is 184 g/mol. The molecular formula is C11H20O2. The minimum Gasteiger partial charge on any atom is -0.481 e. The van der Waals surface area contributed by atoms with Gasteiger partial charge in [0.1, 0.15) is 0 Å². The highest BCUT2D eigenvalue weighted by molar-refractivity contribution is 5.66. The smallest absolute Gasteiger partial charge is 0.303 e. The molecule has 0 fully saturated rings.